The zero-order valence-corrected chi connectivity index (χ0v) is 42.2. The van der Waals surface area contributed by atoms with Gasteiger partial charge in [0.1, 0.15) is 19.3 Å². The monoisotopic (exact) mass is 903 g/mol. The molecule has 0 fully saturated rings. The molecule has 0 rings (SSSR count). The number of allylic oxidation sites excluding steroid dienone is 14. The lowest BCUT2D eigenvalue weighted by molar-refractivity contribution is -0.870. The number of quaternary nitrogens is 1. The van der Waals surface area contributed by atoms with Crippen LogP contribution in [0.3, 0.4) is 0 Å². The standard InChI is InChI=1S/C54H96NO7P/c1-6-8-10-12-14-16-18-20-22-24-26-27-28-30-32-34-36-38-40-42-44-46-49-59-51-53(52-61-63(57,58)60-50-48-55(3,4)5)62-54(56)47-45-43-41-39-37-35-33-31-29-25-23-21-19-17-15-13-11-9-7-2/h9,11,15,17-18,20-21,23-24,26,28-31,53H,6-8,10,12-14,16,19,22,25,27,32-52H2,1-5H3/p+1/b11-9-,17-15-,20-18-,23-21-,26-24-,30-28-,31-29-. The zero-order chi connectivity index (χ0) is 46.2. The molecule has 0 aliphatic heterocycles. The van der Waals surface area contributed by atoms with Gasteiger partial charge < -0.3 is 18.9 Å². The molecule has 2 atom stereocenters. The minimum absolute atomic E-state index is 0.0787. The molecule has 2 unspecified atom stereocenters. The molecule has 1 N–H and O–H groups in total. The Hall–Kier alpha value is -2.32. The number of likely N-dealkylation sites (N-methyl/N-ethyl adjacent to an activating group) is 1. The number of hydrogen-bond acceptors (Lipinski definition) is 6. The van der Waals surface area contributed by atoms with Crippen LogP contribution >= 0.6 is 7.82 Å². The lowest BCUT2D eigenvalue weighted by atomic mass is 10.1. The van der Waals surface area contributed by atoms with Gasteiger partial charge in [-0.3, -0.25) is 13.8 Å². The number of nitrogens with zero attached hydrogens (tertiary/aromatic N) is 1. The first-order chi connectivity index (χ1) is 30.6. The van der Waals surface area contributed by atoms with E-state index in [1.807, 2.05) is 21.1 Å². The molecule has 0 spiro atoms. The van der Waals surface area contributed by atoms with Crippen molar-refractivity contribution in [1.82, 2.24) is 0 Å². The summed E-state index contributed by atoms with van der Waals surface area (Å²) in [5.41, 5.74) is 0. The highest BCUT2D eigenvalue weighted by Crippen LogP contribution is 2.43. The summed E-state index contributed by atoms with van der Waals surface area (Å²) in [5.74, 6) is -0.334. The molecule has 0 bridgehead atoms. The number of rotatable bonds is 46. The predicted octanol–water partition coefficient (Wildman–Crippen LogP) is 15.6. The Balaban J connectivity index is 4.23. The first-order valence-corrected chi connectivity index (χ1v) is 26.8. The van der Waals surface area contributed by atoms with Crippen molar-refractivity contribution in [3.63, 3.8) is 0 Å². The molecular formula is C54H97NO7P+. The number of carbonyl (C=O) groups excluding carboxylic acids is 1. The largest absolute Gasteiger partial charge is 0.472 e. The Kier molecular flexibility index (Phi) is 44.5. The van der Waals surface area contributed by atoms with E-state index < -0.39 is 13.9 Å². The smallest absolute Gasteiger partial charge is 0.457 e. The average molecular weight is 903 g/mol. The Morgan fingerprint density at radius 3 is 1.38 bits per heavy atom. The van der Waals surface area contributed by atoms with Crippen molar-refractivity contribution in [3.05, 3.63) is 85.1 Å². The summed E-state index contributed by atoms with van der Waals surface area (Å²) in [6.07, 6.45) is 61.9. The van der Waals surface area contributed by atoms with Crippen molar-refractivity contribution < 1.29 is 37.3 Å². The molecular weight excluding hydrogens is 806 g/mol. The number of hydrogen-bond donors (Lipinski definition) is 1. The van der Waals surface area contributed by atoms with E-state index in [1.165, 1.54) is 83.5 Å². The van der Waals surface area contributed by atoms with Crippen molar-refractivity contribution in [1.29, 1.82) is 0 Å². The van der Waals surface area contributed by atoms with E-state index in [9.17, 15) is 14.3 Å². The van der Waals surface area contributed by atoms with Gasteiger partial charge in [-0.05, 0) is 89.9 Å². The van der Waals surface area contributed by atoms with Crippen LogP contribution < -0.4 is 0 Å². The van der Waals surface area contributed by atoms with Crippen molar-refractivity contribution >= 4 is 13.8 Å². The molecule has 0 aliphatic carbocycles. The Morgan fingerprint density at radius 2 is 0.921 bits per heavy atom. The van der Waals surface area contributed by atoms with E-state index in [2.05, 4.69) is 98.9 Å². The molecule has 0 saturated carbocycles. The summed E-state index contributed by atoms with van der Waals surface area (Å²) in [4.78, 5) is 23.0. The van der Waals surface area contributed by atoms with Crippen molar-refractivity contribution in [3.8, 4) is 0 Å². The van der Waals surface area contributed by atoms with Crippen LogP contribution in [0, 0.1) is 0 Å². The van der Waals surface area contributed by atoms with Gasteiger partial charge in [-0.25, -0.2) is 4.57 Å². The van der Waals surface area contributed by atoms with Gasteiger partial charge in [0.05, 0.1) is 34.4 Å². The van der Waals surface area contributed by atoms with E-state index in [1.54, 1.807) is 0 Å². The SMILES string of the molecule is CC/C=C\C/C=C\C/C=C\C/C=C\CCCCCCCCC(=O)OC(COCCCCCCCCC/C=C\C/C=C\C/C=C\CCCCCCC)COP(=O)(O)OCC[N+](C)(C)C. The second-order valence-electron chi connectivity index (χ2n) is 17.8. The third-order valence-electron chi connectivity index (χ3n) is 10.4. The summed E-state index contributed by atoms with van der Waals surface area (Å²) < 4.78 is 35.1. The molecule has 364 valence electrons. The molecule has 0 aromatic carbocycles. The molecule has 0 aromatic heterocycles. The summed E-state index contributed by atoms with van der Waals surface area (Å²) in [6.45, 7) is 5.45. The molecule has 0 radical (unpaired) electrons. The molecule has 0 aliphatic rings. The van der Waals surface area contributed by atoms with Crippen LogP contribution in [0.25, 0.3) is 0 Å². The molecule has 8 nitrogen and oxygen atoms in total. The normalized spacial score (nSPS) is 14.3. The molecule has 9 heteroatoms. The van der Waals surface area contributed by atoms with E-state index in [4.69, 9.17) is 18.5 Å². The summed E-state index contributed by atoms with van der Waals surface area (Å²) >= 11 is 0. The fourth-order valence-electron chi connectivity index (χ4n) is 6.55. The third kappa shape index (κ3) is 50.5. The maximum atomic E-state index is 12.8. The highest BCUT2D eigenvalue weighted by molar-refractivity contribution is 7.47. The highest BCUT2D eigenvalue weighted by Gasteiger charge is 2.26. The Morgan fingerprint density at radius 1 is 0.508 bits per heavy atom. The maximum Gasteiger partial charge on any atom is 0.472 e. The Labute approximate surface area is 388 Å². The minimum Gasteiger partial charge on any atom is -0.457 e. The molecule has 63 heavy (non-hydrogen) atoms. The quantitative estimate of drug-likeness (QED) is 0.0214. The van der Waals surface area contributed by atoms with Crippen LogP contribution in [0.2, 0.25) is 0 Å². The molecule has 0 heterocycles. The average Bonchev–Trinajstić information content (AvgIpc) is 3.24. The second kappa shape index (κ2) is 46.2. The number of esters is 1. The van der Waals surface area contributed by atoms with Gasteiger partial charge >= 0.3 is 13.8 Å². The fraction of sp³-hybridized carbons (Fsp3) is 0.722. The number of phosphoric acid groups is 1. The van der Waals surface area contributed by atoms with Gasteiger partial charge in [0.15, 0.2) is 0 Å². The number of unbranched alkanes of at least 4 members (excludes halogenated alkanes) is 18. The molecule has 0 amide bonds. The van der Waals surface area contributed by atoms with Crippen LogP contribution in [-0.2, 0) is 27.9 Å². The van der Waals surface area contributed by atoms with E-state index in [0.717, 1.165) is 89.9 Å². The van der Waals surface area contributed by atoms with Crippen LogP contribution in [-0.4, -0.2) is 75.6 Å². The van der Waals surface area contributed by atoms with Crippen LogP contribution in [0.5, 0.6) is 0 Å². The second-order valence-corrected chi connectivity index (χ2v) is 19.3. The van der Waals surface area contributed by atoms with Crippen LogP contribution in [0.1, 0.15) is 194 Å². The lowest BCUT2D eigenvalue weighted by Crippen LogP contribution is -2.37. The summed E-state index contributed by atoms with van der Waals surface area (Å²) in [6, 6.07) is 0. The van der Waals surface area contributed by atoms with Gasteiger partial charge in [0, 0.05) is 13.0 Å². The zero-order valence-electron chi connectivity index (χ0n) is 41.3. The number of ether oxygens (including phenoxy) is 2. The van der Waals surface area contributed by atoms with Gasteiger partial charge in [-0.15, -0.1) is 0 Å². The van der Waals surface area contributed by atoms with Crippen LogP contribution in [0.15, 0.2) is 85.1 Å². The fourth-order valence-corrected chi connectivity index (χ4v) is 7.29. The van der Waals surface area contributed by atoms with Gasteiger partial charge in [-0.1, -0.05) is 182 Å². The lowest BCUT2D eigenvalue weighted by Gasteiger charge is -2.24. The first kappa shape index (κ1) is 60.7. The predicted molar refractivity (Wildman–Crippen MR) is 270 cm³/mol. The number of carbonyl (C=O) groups is 1. The van der Waals surface area contributed by atoms with Gasteiger partial charge in [0.25, 0.3) is 0 Å². The minimum atomic E-state index is -4.29. The van der Waals surface area contributed by atoms with Gasteiger partial charge in [-0.2, -0.15) is 0 Å². The van der Waals surface area contributed by atoms with Crippen molar-refractivity contribution in [2.24, 2.45) is 0 Å². The van der Waals surface area contributed by atoms with Gasteiger partial charge in [0.2, 0.25) is 0 Å². The summed E-state index contributed by atoms with van der Waals surface area (Å²) in [5, 5.41) is 0. The van der Waals surface area contributed by atoms with E-state index in [-0.39, 0.29) is 25.8 Å². The molecule has 0 saturated heterocycles. The molecule has 0 aromatic rings. The highest BCUT2D eigenvalue weighted by atomic mass is 31.2. The van der Waals surface area contributed by atoms with Crippen molar-refractivity contribution in [2.45, 2.75) is 200 Å². The van der Waals surface area contributed by atoms with E-state index >= 15 is 0 Å². The third-order valence-corrected chi connectivity index (χ3v) is 11.4. The first-order valence-electron chi connectivity index (χ1n) is 25.3. The van der Waals surface area contributed by atoms with E-state index in [0.29, 0.717) is 24.1 Å². The summed E-state index contributed by atoms with van der Waals surface area (Å²) in [7, 11) is 1.64. The van der Waals surface area contributed by atoms with Crippen molar-refractivity contribution in [2.75, 3.05) is 54.1 Å². The maximum absolute atomic E-state index is 12.8. The van der Waals surface area contributed by atoms with Crippen LogP contribution in [0.4, 0.5) is 0 Å². The Bertz CT molecular complexity index is 1280. The number of phosphoric ester groups is 1. The topological polar surface area (TPSA) is 91.3 Å².